The van der Waals surface area contributed by atoms with Gasteiger partial charge in [0.25, 0.3) is 0 Å². The molecule has 0 saturated carbocycles. The minimum absolute atomic E-state index is 0.240. The first kappa shape index (κ1) is 14.8. The van der Waals surface area contributed by atoms with Gasteiger partial charge < -0.3 is 14.8 Å². The number of azide groups is 1. The summed E-state index contributed by atoms with van der Waals surface area (Å²) in [5.74, 6) is 0. The molecule has 0 atom stereocenters. The van der Waals surface area contributed by atoms with Gasteiger partial charge in [-0.25, -0.2) is 4.79 Å². The van der Waals surface area contributed by atoms with E-state index in [0.717, 1.165) is 5.56 Å². The maximum absolute atomic E-state index is 11.3. The van der Waals surface area contributed by atoms with Gasteiger partial charge in [-0.2, -0.15) is 0 Å². The highest BCUT2D eigenvalue weighted by atomic mass is 16.5. The molecule has 102 valence electrons. The summed E-state index contributed by atoms with van der Waals surface area (Å²) in [7, 11) is 0. The van der Waals surface area contributed by atoms with Crippen LogP contribution in [0.5, 0.6) is 0 Å². The van der Waals surface area contributed by atoms with E-state index < -0.39 is 6.09 Å². The van der Waals surface area contributed by atoms with E-state index in [2.05, 4.69) is 15.3 Å². The van der Waals surface area contributed by atoms with E-state index in [1.807, 2.05) is 30.3 Å². The fourth-order valence-electron chi connectivity index (χ4n) is 1.25. The Balaban J connectivity index is 2.01. The SMILES string of the molecule is [N-]=[N+]=NCCOCCNC(=O)OCc1ccccc1. The number of ether oxygens (including phenoxy) is 2. The van der Waals surface area contributed by atoms with Crippen LogP contribution in [0.2, 0.25) is 0 Å². The van der Waals surface area contributed by atoms with Crippen molar-refractivity contribution in [2.24, 2.45) is 5.11 Å². The highest BCUT2D eigenvalue weighted by molar-refractivity contribution is 5.67. The zero-order valence-corrected chi connectivity index (χ0v) is 10.5. The average molecular weight is 264 g/mol. The van der Waals surface area contributed by atoms with Gasteiger partial charge in [-0.3, -0.25) is 0 Å². The summed E-state index contributed by atoms with van der Waals surface area (Å²) in [5, 5.41) is 5.87. The van der Waals surface area contributed by atoms with Crippen molar-refractivity contribution in [3.8, 4) is 0 Å². The molecule has 7 nitrogen and oxygen atoms in total. The average Bonchev–Trinajstić information content (AvgIpc) is 2.45. The van der Waals surface area contributed by atoms with Crippen LogP contribution in [-0.2, 0) is 16.1 Å². The largest absolute Gasteiger partial charge is 0.445 e. The fourth-order valence-corrected chi connectivity index (χ4v) is 1.25. The first-order valence-corrected chi connectivity index (χ1v) is 5.86. The van der Waals surface area contributed by atoms with Crippen LogP contribution in [0.1, 0.15) is 5.56 Å². The molecule has 0 spiro atoms. The summed E-state index contributed by atoms with van der Waals surface area (Å²) in [6, 6.07) is 9.43. The number of rotatable bonds is 8. The molecule has 1 N–H and O–H groups in total. The number of carbonyl (C=O) groups is 1. The molecule has 1 aromatic carbocycles. The van der Waals surface area contributed by atoms with Crippen molar-refractivity contribution in [2.45, 2.75) is 6.61 Å². The lowest BCUT2D eigenvalue weighted by atomic mass is 10.2. The summed E-state index contributed by atoms with van der Waals surface area (Å²) in [4.78, 5) is 13.9. The second-order valence-electron chi connectivity index (χ2n) is 3.56. The first-order chi connectivity index (χ1) is 9.33. The lowest BCUT2D eigenvalue weighted by molar-refractivity contribution is 0.122. The van der Waals surface area contributed by atoms with Gasteiger partial charge in [0.05, 0.1) is 13.2 Å². The van der Waals surface area contributed by atoms with Gasteiger partial charge in [0.2, 0.25) is 0 Å². The topological polar surface area (TPSA) is 96.3 Å². The standard InChI is InChI=1S/C12H16N4O3/c13-16-15-7-9-18-8-6-14-12(17)19-10-11-4-2-1-3-5-11/h1-5H,6-10H2,(H,14,17). The maximum Gasteiger partial charge on any atom is 0.407 e. The molecule has 0 aliphatic heterocycles. The monoisotopic (exact) mass is 264 g/mol. The third-order valence-electron chi connectivity index (χ3n) is 2.13. The smallest absolute Gasteiger partial charge is 0.407 e. The highest BCUT2D eigenvalue weighted by Crippen LogP contribution is 2.00. The van der Waals surface area contributed by atoms with Crippen molar-refractivity contribution in [3.63, 3.8) is 0 Å². The van der Waals surface area contributed by atoms with Gasteiger partial charge in [0, 0.05) is 18.0 Å². The van der Waals surface area contributed by atoms with Gasteiger partial charge in [-0.15, -0.1) is 0 Å². The number of nitrogens with one attached hydrogen (secondary N) is 1. The summed E-state index contributed by atoms with van der Waals surface area (Å²) in [6.07, 6.45) is -0.484. The number of amides is 1. The minimum atomic E-state index is -0.484. The van der Waals surface area contributed by atoms with Crippen molar-refractivity contribution >= 4 is 6.09 Å². The number of benzene rings is 1. The molecule has 0 aliphatic carbocycles. The molecule has 0 heterocycles. The van der Waals surface area contributed by atoms with E-state index in [0.29, 0.717) is 19.8 Å². The molecule has 0 unspecified atom stereocenters. The van der Waals surface area contributed by atoms with E-state index >= 15 is 0 Å². The minimum Gasteiger partial charge on any atom is -0.445 e. The lowest BCUT2D eigenvalue weighted by Gasteiger charge is -2.07. The Bertz CT molecular complexity index is 418. The third kappa shape index (κ3) is 7.64. The molecule has 1 amide bonds. The number of hydrogen-bond acceptors (Lipinski definition) is 4. The van der Waals surface area contributed by atoms with Crippen LogP contribution in [0.15, 0.2) is 35.4 Å². The third-order valence-corrected chi connectivity index (χ3v) is 2.13. The zero-order valence-electron chi connectivity index (χ0n) is 10.5. The number of carbonyl (C=O) groups excluding carboxylic acids is 1. The van der Waals surface area contributed by atoms with Crippen LogP contribution < -0.4 is 5.32 Å². The van der Waals surface area contributed by atoms with Crippen molar-refractivity contribution in [3.05, 3.63) is 46.3 Å². The van der Waals surface area contributed by atoms with E-state index in [1.165, 1.54) is 0 Å². The second-order valence-corrected chi connectivity index (χ2v) is 3.56. The molecule has 7 heteroatoms. The summed E-state index contributed by atoms with van der Waals surface area (Å²) < 4.78 is 10.1. The predicted octanol–water partition coefficient (Wildman–Crippen LogP) is 2.24. The van der Waals surface area contributed by atoms with E-state index in [1.54, 1.807) is 0 Å². The van der Waals surface area contributed by atoms with E-state index in [-0.39, 0.29) is 13.2 Å². The fraction of sp³-hybridized carbons (Fsp3) is 0.417. The molecular formula is C12H16N4O3. The van der Waals surface area contributed by atoms with Gasteiger partial charge in [0.1, 0.15) is 6.61 Å². The van der Waals surface area contributed by atoms with Crippen LogP contribution in [-0.4, -0.2) is 32.4 Å². The highest BCUT2D eigenvalue weighted by Gasteiger charge is 2.01. The molecule has 19 heavy (non-hydrogen) atoms. The van der Waals surface area contributed by atoms with Gasteiger partial charge in [-0.05, 0) is 11.1 Å². The lowest BCUT2D eigenvalue weighted by Crippen LogP contribution is -2.28. The molecule has 1 aromatic rings. The molecule has 0 radical (unpaired) electrons. The predicted molar refractivity (Wildman–Crippen MR) is 69.5 cm³/mol. The molecule has 1 rings (SSSR count). The quantitative estimate of drug-likeness (QED) is 0.337. The van der Waals surface area contributed by atoms with Crippen molar-refractivity contribution in [1.82, 2.24) is 5.32 Å². The van der Waals surface area contributed by atoms with Crippen molar-refractivity contribution < 1.29 is 14.3 Å². The molecule has 0 saturated heterocycles. The Labute approximate surface area is 111 Å². The molecule has 0 bridgehead atoms. The molecule has 0 fully saturated rings. The van der Waals surface area contributed by atoms with E-state index in [4.69, 9.17) is 15.0 Å². The van der Waals surface area contributed by atoms with E-state index in [9.17, 15) is 4.79 Å². The van der Waals surface area contributed by atoms with Crippen LogP contribution in [0.3, 0.4) is 0 Å². The summed E-state index contributed by atoms with van der Waals surface area (Å²) in [5.41, 5.74) is 8.96. The Morgan fingerprint density at radius 1 is 1.32 bits per heavy atom. The first-order valence-electron chi connectivity index (χ1n) is 5.86. The number of alkyl carbamates (subject to hydrolysis) is 1. The van der Waals surface area contributed by atoms with Crippen LogP contribution in [0.25, 0.3) is 10.4 Å². The van der Waals surface area contributed by atoms with Crippen molar-refractivity contribution in [1.29, 1.82) is 0 Å². The van der Waals surface area contributed by atoms with Crippen LogP contribution in [0, 0.1) is 0 Å². The zero-order chi connectivity index (χ0) is 13.8. The maximum atomic E-state index is 11.3. The Morgan fingerprint density at radius 2 is 2.11 bits per heavy atom. The summed E-state index contributed by atoms with van der Waals surface area (Å²) in [6.45, 7) is 1.56. The molecule has 0 aromatic heterocycles. The normalized spacial score (nSPS) is 9.47. The van der Waals surface area contributed by atoms with Crippen LogP contribution >= 0.6 is 0 Å². The van der Waals surface area contributed by atoms with Gasteiger partial charge in [0.15, 0.2) is 0 Å². The Morgan fingerprint density at radius 3 is 2.84 bits per heavy atom. The Hall–Kier alpha value is -2.24. The molecular weight excluding hydrogens is 248 g/mol. The van der Waals surface area contributed by atoms with Gasteiger partial charge >= 0.3 is 6.09 Å². The second kappa shape index (κ2) is 9.76. The summed E-state index contributed by atoms with van der Waals surface area (Å²) >= 11 is 0. The number of hydrogen-bond donors (Lipinski definition) is 1. The molecule has 0 aliphatic rings. The number of nitrogens with zero attached hydrogens (tertiary/aromatic N) is 3. The van der Waals surface area contributed by atoms with Crippen LogP contribution in [0.4, 0.5) is 4.79 Å². The Kier molecular flexibility index (Phi) is 7.61. The van der Waals surface area contributed by atoms with Gasteiger partial charge in [-0.1, -0.05) is 35.4 Å². The van der Waals surface area contributed by atoms with Crippen molar-refractivity contribution in [2.75, 3.05) is 26.3 Å².